The summed E-state index contributed by atoms with van der Waals surface area (Å²) in [6.45, 7) is 9.06. The summed E-state index contributed by atoms with van der Waals surface area (Å²) in [5, 5.41) is 8.80. The molecular formula is C20H24O3. The summed E-state index contributed by atoms with van der Waals surface area (Å²) in [6.07, 6.45) is 0.0487. The Balaban J connectivity index is 2.14. The number of ether oxygens (including phenoxy) is 1. The van der Waals surface area contributed by atoms with E-state index in [1.807, 2.05) is 24.3 Å². The molecule has 0 fully saturated rings. The number of rotatable bonds is 5. The molecule has 3 nitrogen and oxygen atoms in total. The quantitative estimate of drug-likeness (QED) is 0.884. The summed E-state index contributed by atoms with van der Waals surface area (Å²) < 4.78 is 6.09. The Bertz CT molecular complexity index is 679. The molecule has 0 aliphatic rings. The van der Waals surface area contributed by atoms with E-state index in [1.165, 1.54) is 5.56 Å². The molecule has 3 heteroatoms. The fraction of sp³-hybridized carbons (Fsp3) is 0.350. The lowest BCUT2D eigenvalue weighted by molar-refractivity contribution is -0.136. The summed E-state index contributed by atoms with van der Waals surface area (Å²) in [4.78, 5) is 10.7. The molecule has 0 atom stereocenters. The molecule has 0 unspecified atom stereocenters. The van der Waals surface area contributed by atoms with E-state index in [-0.39, 0.29) is 11.8 Å². The highest BCUT2D eigenvalue weighted by molar-refractivity contribution is 5.70. The van der Waals surface area contributed by atoms with Crippen LogP contribution in [-0.2, 0) is 23.2 Å². The molecule has 23 heavy (non-hydrogen) atoms. The van der Waals surface area contributed by atoms with Gasteiger partial charge in [0.05, 0.1) is 6.42 Å². The van der Waals surface area contributed by atoms with Gasteiger partial charge >= 0.3 is 5.97 Å². The van der Waals surface area contributed by atoms with E-state index >= 15 is 0 Å². The average Bonchev–Trinajstić information content (AvgIpc) is 2.45. The summed E-state index contributed by atoms with van der Waals surface area (Å²) in [5.41, 5.74) is 4.17. The predicted octanol–water partition coefficient (Wildman–Crippen LogP) is 4.50. The highest BCUT2D eigenvalue weighted by atomic mass is 16.5. The molecule has 0 aliphatic carbocycles. The predicted molar refractivity (Wildman–Crippen MR) is 92.0 cm³/mol. The number of hydrogen-bond acceptors (Lipinski definition) is 2. The van der Waals surface area contributed by atoms with Crippen molar-refractivity contribution in [3.63, 3.8) is 0 Å². The van der Waals surface area contributed by atoms with Gasteiger partial charge < -0.3 is 9.84 Å². The van der Waals surface area contributed by atoms with Gasteiger partial charge in [-0.1, -0.05) is 63.2 Å². The number of aryl methyl sites for hydroxylation is 1. The van der Waals surface area contributed by atoms with Crippen molar-refractivity contribution in [2.75, 3.05) is 0 Å². The molecule has 1 N–H and O–H groups in total. The van der Waals surface area contributed by atoms with Crippen molar-refractivity contribution in [3.05, 3.63) is 64.7 Å². The minimum absolute atomic E-state index is 0.0205. The van der Waals surface area contributed by atoms with E-state index in [2.05, 4.69) is 45.9 Å². The smallest absolute Gasteiger partial charge is 0.307 e. The van der Waals surface area contributed by atoms with Gasteiger partial charge in [-0.05, 0) is 34.6 Å². The summed E-state index contributed by atoms with van der Waals surface area (Å²) >= 11 is 0. The highest BCUT2D eigenvalue weighted by Crippen LogP contribution is 2.34. The molecule has 0 radical (unpaired) electrons. The molecule has 0 spiro atoms. The maximum absolute atomic E-state index is 10.7. The topological polar surface area (TPSA) is 46.5 Å². The van der Waals surface area contributed by atoms with Crippen molar-refractivity contribution >= 4 is 5.97 Å². The number of benzene rings is 2. The first kappa shape index (κ1) is 17.1. The van der Waals surface area contributed by atoms with Gasteiger partial charge in [-0.3, -0.25) is 4.79 Å². The van der Waals surface area contributed by atoms with Crippen LogP contribution >= 0.6 is 0 Å². The van der Waals surface area contributed by atoms with Crippen LogP contribution < -0.4 is 4.74 Å². The zero-order valence-electron chi connectivity index (χ0n) is 14.2. The van der Waals surface area contributed by atoms with Crippen LogP contribution in [-0.4, -0.2) is 11.1 Å². The van der Waals surface area contributed by atoms with E-state index in [0.717, 1.165) is 22.4 Å². The van der Waals surface area contributed by atoms with Gasteiger partial charge in [0.15, 0.2) is 0 Å². The number of hydrogen-bond donors (Lipinski definition) is 1. The largest absolute Gasteiger partial charge is 0.488 e. The van der Waals surface area contributed by atoms with E-state index in [1.54, 1.807) is 0 Å². The number of carboxylic acids is 1. The van der Waals surface area contributed by atoms with E-state index in [9.17, 15) is 4.79 Å². The van der Waals surface area contributed by atoms with Gasteiger partial charge in [0.25, 0.3) is 0 Å². The van der Waals surface area contributed by atoms with Crippen LogP contribution in [0.3, 0.4) is 0 Å². The molecule has 0 saturated carbocycles. The maximum atomic E-state index is 10.7. The standard InChI is InChI=1S/C20H24O3/c1-14-6-5-7-17(20(2,3)4)19(14)23-13-16-10-8-15(9-11-16)12-18(21)22/h5-11H,12-13H2,1-4H3,(H,21,22). The Morgan fingerprint density at radius 2 is 1.65 bits per heavy atom. The first-order chi connectivity index (χ1) is 10.8. The molecule has 0 saturated heterocycles. The van der Waals surface area contributed by atoms with Crippen molar-refractivity contribution in [1.29, 1.82) is 0 Å². The molecule has 0 bridgehead atoms. The molecule has 2 aromatic carbocycles. The Kier molecular flexibility index (Phi) is 5.09. The molecule has 0 amide bonds. The van der Waals surface area contributed by atoms with Gasteiger partial charge in [0.1, 0.15) is 12.4 Å². The Morgan fingerprint density at radius 1 is 1.04 bits per heavy atom. The van der Waals surface area contributed by atoms with Crippen LogP contribution in [0.1, 0.15) is 43.0 Å². The van der Waals surface area contributed by atoms with Crippen LogP contribution in [0.5, 0.6) is 5.75 Å². The van der Waals surface area contributed by atoms with Gasteiger partial charge in [-0.15, -0.1) is 0 Å². The first-order valence-corrected chi connectivity index (χ1v) is 7.80. The van der Waals surface area contributed by atoms with Crippen molar-refractivity contribution in [2.45, 2.75) is 46.1 Å². The fourth-order valence-corrected chi connectivity index (χ4v) is 2.52. The summed E-state index contributed by atoms with van der Waals surface area (Å²) in [5.74, 6) is 0.123. The van der Waals surface area contributed by atoms with Crippen LogP contribution in [0.2, 0.25) is 0 Å². The van der Waals surface area contributed by atoms with Gasteiger partial charge in [0, 0.05) is 0 Å². The van der Waals surface area contributed by atoms with E-state index < -0.39 is 5.97 Å². The average molecular weight is 312 g/mol. The lowest BCUT2D eigenvalue weighted by atomic mass is 9.85. The second-order valence-electron chi connectivity index (χ2n) is 6.88. The number of carbonyl (C=O) groups is 1. The van der Waals surface area contributed by atoms with Gasteiger partial charge in [-0.25, -0.2) is 0 Å². The van der Waals surface area contributed by atoms with Crippen molar-refractivity contribution in [3.8, 4) is 5.75 Å². The second kappa shape index (κ2) is 6.86. The monoisotopic (exact) mass is 312 g/mol. The zero-order valence-corrected chi connectivity index (χ0v) is 14.2. The Morgan fingerprint density at radius 3 is 2.22 bits per heavy atom. The normalized spacial score (nSPS) is 11.3. The lowest BCUT2D eigenvalue weighted by Gasteiger charge is -2.24. The molecule has 122 valence electrons. The third-order valence-electron chi connectivity index (χ3n) is 3.78. The maximum Gasteiger partial charge on any atom is 0.307 e. The fourth-order valence-electron chi connectivity index (χ4n) is 2.52. The van der Waals surface area contributed by atoms with Crippen LogP contribution in [0, 0.1) is 6.92 Å². The van der Waals surface area contributed by atoms with E-state index in [4.69, 9.17) is 9.84 Å². The third kappa shape index (κ3) is 4.59. The molecular weight excluding hydrogens is 288 g/mol. The van der Waals surface area contributed by atoms with Crippen molar-refractivity contribution in [1.82, 2.24) is 0 Å². The second-order valence-corrected chi connectivity index (χ2v) is 6.88. The molecule has 0 heterocycles. The Labute approximate surface area is 137 Å². The summed E-state index contributed by atoms with van der Waals surface area (Å²) in [6, 6.07) is 13.8. The molecule has 0 aliphatic heterocycles. The van der Waals surface area contributed by atoms with Crippen LogP contribution in [0.25, 0.3) is 0 Å². The van der Waals surface area contributed by atoms with Crippen molar-refractivity contribution in [2.24, 2.45) is 0 Å². The van der Waals surface area contributed by atoms with Crippen molar-refractivity contribution < 1.29 is 14.6 Å². The highest BCUT2D eigenvalue weighted by Gasteiger charge is 2.20. The third-order valence-corrected chi connectivity index (χ3v) is 3.78. The zero-order chi connectivity index (χ0) is 17.0. The first-order valence-electron chi connectivity index (χ1n) is 7.80. The SMILES string of the molecule is Cc1cccc(C(C)(C)C)c1OCc1ccc(CC(=O)O)cc1. The number of para-hydroxylation sites is 1. The molecule has 0 aromatic heterocycles. The van der Waals surface area contributed by atoms with Gasteiger partial charge in [-0.2, -0.15) is 0 Å². The van der Waals surface area contributed by atoms with Crippen LogP contribution in [0.4, 0.5) is 0 Å². The van der Waals surface area contributed by atoms with Crippen LogP contribution in [0.15, 0.2) is 42.5 Å². The number of aliphatic carboxylic acids is 1. The molecule has 2 aromatic rings. The summed E-state index contributed by atoms with van der Waals surface area (Å²) in [7, 11) is 0. The minimum atomic E-state index is -0.816. The van der Waals surface area contributed by atoms with E-state index in [0.29, 0.717) is 6.61 Å². The molecule has 2 rings (SSSR count). The van der Waals surface area contributed by atoms with Gasteiger partial charge in [0.2, 0.25) is 0 Å². The Hall–Kier alpha value is -2.29. The lowest BCUT2D eigenvalue weighted by Crippen LogP contribution is -2.14. The minimum Gasteiger partial charge on any atom is -0.488 e. The number of carboxylic acid groups (broad SMARTS) is 1.